The number of ether oxygens (including phenoxy) is 2. The van der Waals surface area contributed by atoms with E-state index in [1.54, 1.807) is 0 Å². The molecule has 3 saturated carbocycles. The Balaban J connectivity index is 1.85. The molecule has 0 aromatic rings. The molecule has 2 bridgehead atoms. The zero-order chi connectivity index (χ0) is 19.0. The first-order chi connectivity index (χ1) is 11.2. The van der Waals surface area contributed by atoms with Crippen molar-refractivity contribution in [1.29, 1.82) is 0 Å². The molecule has 3 nitrogen and oxygen atoms in total. The van der Waals surface area contributed by atoms with Crippen molar-refractivity contribution in [3.63, 3.8) is 0 Å². The molecule has 0 aromatic carbocycles. The molecule has 2 unspecified atom stereocenters. The van der Waals surface area contributed by atoms with Crippen LogP contribution in [0.15, 0.2) is 0 Å². The molecule has 5 heteroatoms. The quantitative estimate of drug-likeness (QED) is 0.632. The van der Waals surface area contributed by atoms with Gasteiger partial charge in [-0.05, 0) is 29.6 Å². The number of alkyl halides is 2. The van der Waals surface area contributed by atoms with E-state index in [1.165, 1.54) is 0 Å². The van der Waals surface area contributed by atoms with Gasteiger partial charge in [-0.3, -0.25) is 4.79 Å². The Morgan fingerprint density at radius 2 is 1.76 bits per heavy atom. The van der Waals surface area contributed by atoms with Crippen molar-refractivity contribution in [3.05, 3.63) is 0 Å². The van der Waals surface area contributed by atoms with Crippen LogP contribution in [0.3, 0.4) is 0 Å². The predicted octanol–water partition coefficient (Wildman–Crippen LogP) is 5.02. The van der Waals surface area contributed by atoms with E-state index in [1.807, 2.05) is 6.92 Å². The van der Waals surface area contributed by atoms with Crippen LogP contribution in [0.1, 0.15) is 61.3 Å². The number of ketones is 1. The number of rotatable bonds is 4. The van der Waals surface area contributed by atoms with Gasteiger partial charge in [-0.15, -0.1) is 0 Å². The lowest BCUT2D eigenvalue weighted by molar-refractivity contribution is -0.187. The van der Waals surface area contributed by atoms with E-state index in [-0.39, 0.29) is 40.2 Å². The van der Waals surface area contributed by atoms with E-state index < -0.39 is 10.4 Å². The van der Waals surface area contributed by atoms with Crippen LogP contribution in [0.25, 0.3) is 0 Å². The summed E-state index contributed by atoms with van der Waals surface area (Å²) in [4.78, 5) is 12.0. The summed E-state index contributed by atoms with van der Waals surface area (Å²) in [6, 6.07) is 0. The highest BCUT2D eigenvalue weighted by atomic mass is 35.5. The summed E-state index contributed by atoms with van der Waals surface area (Å²) in [7, 11) is 0. The van der Waals surface area contributed by atoms with Crippen LogP contribution in [0.5, 0.6) is 0 Å². The average Bonchev–Trinajstić information content (AvgIpc) is 2.80. The molecule has 0 spiro atoms. The molecule has 3 rings (SSSR count). The number of hydrogen-bond donors (Lipinski definition) is 0. The number of fused-ring (bicyclic) bond motifs is 2. The minimum absolute atomic E-state index is 0.00241. The highest BCUT2D eigenvalue weighted by molar-refractivity contribution is 6.61. The maximum Gasteiger partial charge on any atom is 0.202 e. The number of halogens is 2. The molecule has 3 aliphatic carbocycles. The van der Waals surface area contributed by atoms with Gasteiger partial charge in [0.05, 0.1) is 18.8 Å². The van der Waals surface area contributed by atoms with Crippen LogP contribution >= 0.6 is 23.2 Å². The van der Waals surface area contributed by atoms with E-state index in [9.17, 15) is 4.79 Å². The standard InChI is InChI=1S/C20H32Cl2O3/c1-11-14(23)20(21,22)15(11)25-16-13(24-10-17(2,3)4)12-8-9-19(16,7)18(12,5)6/h11-13,15-16H,8-10H2,1-7H3/t11-,12-,13?,15-,16?,19+/m1/s1. The molecule has 0 heterocycles. The number of hydrogen-bond acceptors (Lipinski definition) is 3. The van der Waals surface area contributed by atoms with Gasteiger partial charge in [0.25, 0.3) is 0 Å². The minimum atomic E-state index is -1.42. The van der Waals surface area contributed by atoms with Gasteiger partial charge in [-0.1, -0.05) is 71.7 Å². The zero-order valence-electron chi connectivity index (χ0n) is 16.5. The fourth-order valence-electron chi connectivity index (χ4n) is 5.16. The zero-order valence-corrected chi connectivity index (χ0v) is 18.0. The number of carbonyl (C=O) groups is 1. The van der Waals surface area contributed by atoms with Gasteiger partial charge < -0.3 is 9.47 Å². The Morgan fingerprint density at radius 3 is 2.28 bits per heavy atom. The fraction of sp³-hybridized carbons (Fsp3) is 0.950. The second-order valence-electron chi connectivity index (χ2n) is 10.4. The summed E-state index contributed by atoms with van der Waals surface area (Å²) in [6.45, 7) is 16.0. The number of carbonyl (C=O) groups excluding carboxylic acids is 1. The average molecular weight is 391 g/mol. The Bertz CT molecular complexity index is 566. The first-order valence-corrected chi connectivity index (χ1v) is 10.2. The van der Waals surface area contributed by atoms with Gasteiger partial charge in [0.1, 0.15) is 6.10 Å². The van der Waals surface area contributed by atoms with E-state index in [4.69, 9.17) is 32.7 Å². The van der Waals surface area contributed by atoms with Crippen LogP contribution in [-0.2, 0) is 14.3 Å². The second-order valence-corrected chi connectivity index (χ2v) is 11.8. The largest absolute Gasteiger partial charge is 0.375 e. The SMILES string of the molecule is C[C@@H]1C(=O)C(Cl)(Cl)[C@@H]1OC1C(OCC(C)(C)C)[C@H]2CC[C@]1(C)C2(C)C. The van der Waals surface area contributed by atoms with Crippen LogP contribution in [0.4, 0.5) is 0 Å². The van der Waals surface area contributed by atoms with Crippen molar-refractivity contribution in [2.45, 2.75) is 84.0 Å². The van der Waals surface area contributed by atoms with Crippen molar-refractivity contribution < 1.29 is 14.3 Å². The summed E-state index contributed by atoms with van der Waals surface area (Å²) in [5.41, 5.74) is 0.223. The van der Waals surface area contributed by atoms with Crippen LogP contribution in [0, 0.1) is 28.1 Å². The molecule has 3 aliphatic rings. The Morgan fingerprint density at radius 1 is 1.16 bits per heavy atom. The van der Waals surface area contributed by atoms with Gasteiger partial charge in [0, 0.05) is 11.3 Å². The molecule has 0 aromatic heterocycles. The van der Waals surface area contributed by atoms with Crippen molar-refractivity contribution in [2.24, 2.45) is 28.1 Å². The van der Waals surface area contributed by atoms with Crippen molar-refractivity contribution in [3.8, 4) is 0 Å². The van der Waals surface area contributed by atoms with Gasteiger partial charge in [-0.25, -0.2) is 0 Å². The van der Waals surface area contributed by atoms with Crippen LogP contribution in [0.2, 0.25) is 0 Å². The van der Waals surface area contributed by atoms with E-state index in [0.717, 1.165) is 12.8 Å². The summed E-state index contributed by atoms with van der Waals surface area (Å²) >= 11 is 12.5. The molecule has 25 heavy (non-hydrogen) atoms. The maximum atomic E-state index is 12.0. The molecule has 0 aliphatic heterocycles. The monoisotopic (exact) mass is 390 g/mol. The Kier molecular flexibility index (Phi) is 4.65. The Hall–Kier alpha value is 0.170. The highest BCUT2D eigenvalue weighted by Crippen LogP contribution is 2.67. The van der Waals surface area contributed by atoms with E-state index in [0.29, 0.717) is 12.5 Å². The maximum absolute atomic E-state index is 12.0. The normalized spacial score (nSPS) is 44.8. The summed E-state index contributed by atoms with van der Waals surface area (Å²) in [6.07, 6.45) is 1.75. The molecule has 144 valence electrons. The minimum Gasteiger partial charge on any atom is -0.375 e. The highest BCUT2D eigenvalue weighted by Gasteiger charge is 2.70. The first-order valence-electron chi connectivity index (χ1n) is 9.43. The third-order valence-electron chi connectivity index (χ3n) is 7.25. The van der Waals surface area contributed by atoms with Crippen molar-refractivity contribution in [2.75, 3.05) is 6.61 Å². The van der Waals surface area contributed by atoms with Crippen molar-refractivity contribution >= 4 is 29.0 Å². The van der Waals surface area contributed by atoms with Gasteiger partial charge in [0.2, 0.25) is 4.33 Å². The molecule has 0 radical (unpaired) electrons. The van der Waals surface area contributed by atoms with Gasteiger partial charge in [0.15, 0.2) is 5.78 Å². The van der Waals surface area contributed by atoms with E-state index in [2.05, 4.69) is 41.5 Å². The number of Topliss-reactive ketones (excluding diaryl/α,β-unsaturated/α-hetero) is 1. The fourth-order valence-corrected chi connectivity index (χ4v) is 5.98. The third-order valence-corrected chi connectivity index (χ3v) is 8.05. The smallest absolute Gasteiger partial charge is 0.202 e. The van der Waals surface area contributed by atoms with Crippen molar-refractivity contribution in [1.82, 2.24) is 0 Å². The van der Waals surface area contributed by atoms with Crippen LogP contribution in [-0.4, -0.2) is 35.0 Å². The van der Waals surface area contributed by atoms with E-state index >= 15 is 0 Å². The third kappa shape index (κ3) is 2.80. The summed E-state index contributed by atoms with van der Waals surface area (Å²) in [5, 5.41) is 0. The lowest BCUT2D eigenvalue weighted by Gasteiger charge is -2.49. The lowest BCUT2D eigenvalue weighted by atomic mass is 9.69. The molecular formula is C20H32Cl2O3. The molecule has 0 amide bonds. The first kappa shape index (κ1) is 19.9. The molecule has 6 atom stereocenters. The summed E-state index contributed by atoms with van der Waals surface area (Å²) < 4.78 is 11.5. The van der Waals surface area contributed by atoms with Gasteiger partial charge in [-0.2, -0.15) is 0 Å². The lowest BCUT2D eigenvalue weighted by Crippen LogP contribution is -2.63. The van der Waals surface area contributed by atoms with Crippen LogP contribution < -0.4 is 0 Å². The second kappa shape index (κ2) is 5.83. The van der Waals surface area contributed by atoms with Gasteiger partial charge >= 0.3 is 0 Å². The molecule has 0 saturated heterocycles. The summed E-state index contributed by atoms with van der Waals surface area (Å²) in [5.74, 6) is 0.0562. The molecule has 3 fully saturated rings. The topological polar surface area (TPSA) is 35.5 Å². The molecule has 0 N–H and O–H groups in total. The Labute approximate surface area is 162 Å². The molecular weight excluding hydrogens is 359 g/mol. The predicted molar refractivity (Wildman–Crippen MR) is 101 cm³/mol.